The SMILES string of the molecule is O=C(CNc1ccc(F)cc1F)N1CCN(c2ccccc2F)CC1. The Morgan fingerprint density at radius 3 is 2.36 bits per heavy atom. The first kappa shape index (κ1) is 17.1. The second kappa shape index (κ2) is 7.46. The maximum atomic E-state index is 13.8. The fourth-order valence-corrected chi connectivity index (χ4v) is 2.82. The van der Waals surface area contributed by atoms with Gasteiger partial charge in [-0.05, 0) is 24.3 Å². The molecule has 0 spiro atoms. The maximum Gasteiger partial charge on any atom is 0.241 e. The summed E-state index contributed by atoms with van der Waals surface area (Å²) >= 11 is 0. The summed E-state index contributed by atoms with van der Waals surface area (Å²) < 4.78 is 40.2. The molecule has 3 rings (SSSR count). The van der Waals surface area contributed by atoms with Crippen molar-refractivity contribution in [2.75, 3.05) is 42.9 Å². The van der Waals surface area contributed by atoms with Gasteiger partial charge >= 0.3 is 0 Å². The number of carbonyl (C=O) groups excluding carboxylic acids is 1. The van der Waals surface area contributed by atoms with E-state index < -0.39 is 11.6 Å². The number of rotatable bonds is 4. The van der Waals surface area contributed by atoms with Crippen molar-refractivity contribution < 1.29 is 18.0 Å². The van der Waals surface area contributed by atoms with E-state index in [4.69, 9.17) is 0 Å². The molecule has 0 aromatic heterocycles. The van der Waals surface area contributed by atoms with Gasteiger partial charge in [0.15, 0.2) is 0 Å². The van der Waals surface area contributed by atoms with E-state index in [9.17, 15) is 18.0 Å². The maximum absolute atomic E-state index is 13.8. The van der Waals surface area contributed by atoms with E-state index in [1.54, 1.807) is 23.1 Å². The molecule has 1 aliphatic rings. The van der Waals surface area contributed by atoms with Crippen LogP contribution in [0.25, 0.3) is 0 Å². The molecule has 2 aromatic rings. The monoisotopic (exact) mass is 349 g/mol. The van der Waals surface area contributed by atoms with Crippen LogP contribution in [-0.2, 0) is 4.79 Å². The first-order chi connectivity index (χ1) is 12.0. The Morgan fingerprint density at radius 2 is 1.68 bits per heavy atom. The van der Waals surface area contributed by atoms with Gasteiger partial charge in [0.1, 0.15) is 17.5 Å². The number of halogens is 3. The lowest BCUT2D eigenvalue weighted by atomic mass is 10.2. The zero-order chi connectivity index (χ0) is 17.8. The summed E-state index contributed by atoms with van der Waals surface area (Å²) in [5.41, 5.74) is 0.612. The molecular weight excluding hydrogens is 331 g/mol. The van der Waals surface area contributed by atoms with E-state index in [1.807, 2.05) is 4.90 Å². The lowest BCUT2D eigenvalue weighted by Crippen LogP contribution is -2.50. The topological polar surface area (TPSA) is 35.6 Å². The van der Waals surface area contributed by atoms with Crippen LogP contribution in [0.3, 0.4) is 0 Å². The number of piperazine rings is 1. The Balaban J connectivity index is 1.52. The molecule has 7 heteroatoms. The van der Waals surface area contributed by atoms with Gasteiger partial charge in [0.25, 0.3) is 0 Å². The van der Waals surface area contributed by atoms with Gasteiger partial charge in [-0.1, -0.05) is 12.1 Å². The van der Waals surface area contributed by atoms with Crippen LogP contribution in [0.15, 0.2) is 42.5 Å². The van der Waals surface area contributed by atoms with E-state index in [0.717, 1.165) is 12.1 Å². The molecule has 0 aliphatic carbocycles. The molecule has 132 valence electrons. The largest absolute Gasteiger partial charge is 0.374 e. The third-order valence-electron chi connectivity index (χ3n) is 4.19. The van der Waals surface area contributed by atoms with E-state index >= 15 is 0 Å². The minimum absolute atomic E-state index is 0.0811. The van der Waals surface area contributed by atoms with Crippen LogP contribution >= 0.6 is 0 Å². The van der Waals surface area contributed by atoms with E-state index in [1.165, 1.54) is 12.1 Å². The summed E-state index contributed by atoms with van der Waals surface area (Å²) in [6.07, 6.45) is 0. The van der Waals surface area contributed by atoms with Gasteiger partial charge in [0, 0.05) is 32.2 Å². The van der Waals surface area contributed by atoms with Crippen molar-refractivity contribution in [2.45, 2.75) is 0 Å². The van der Waals surface area contributed by atoms with Crippen LogP contribution in [0.2, 0.25) is 0 Å². The molecular formula is C18H18F3N3O. The summed E-state index contributed by atoms with van der Waals surface area (Å²) in [5, 5.41) is 2.68. The van der Waals surface area contributed by atoms with Crippen molar-refractivity contribution in [1.82, 2.24) is 4.90 Å². The van der Waals surface area contributed by atoms with Gasteiger partial charge in [-0.3, -0.25) is 4.79 Å². The Kier molecular flexibility index (Phi) is 5.11. The summed E-state index contributed by atoms with van der Waals surface area (Å²) in [7, 11) is 0. The molecule has 1 aliphatic heterocycles. The molecule has 0 radical (unpaired) electrons. The fraction of sp³-hybridized carbons (Fsp3) is 0.278. The van der Waals surface area contributed by atoms with Crippen LogP contribution in [0, 0.1) is 17.5 Å². The van der Waals surface area contributed by atoms with E-state index in [-0.39, 0.29) is 24.0 Å². The summed E-state index contributed by atoms with van der Waals surface area (Å²) in [4.78, 5) is 15.8. The zero-order valence-corrected chi connectivity index (χ0v) is 13.5. The van der Waals surface area contributed by atoms with E-state index in [2.05, 4.69) is 5.32 Å². The molecule has 25 heavy (non-hydrogen) atoms. The molecule has 4 nitrogen and oxygen atoms in total. The highest BCUT2D eigenvalue weighted by molar-refractivity contribution is 5.81. The third kappa shape index (κ3) is 4.04. The van der Waals surface area contributed by atoms with Gasteiger partial charge < -0.3 is 15.1 Å². The minimum Gasteiger partial charge on any atom is -0.374 e. The van der Waals surface area contributed by atoms with Gasteiger partial charge in [0.05, 0.1) is 17.9 Å². The lowest BCUT2D eigenvalue weighted by Gasteiger charge is -2.36. The number of nitrogens with zero attached hydrogens (tertiary/aromatic N) is 2. The van der Waals surface area contributed by atoms with Crippen molar-refractivity contribution >= 4 is 17.3 Å². The molecule has 1 N–H and O–H groups in total. The average molecular weight is 349 g/mol. The summed E-state index contributed by atoms with van der Waals surface area (Å²) in [5.74, 6) is -1.87. The smallest absolute Gasteiger partial charge is 0.241 e. The molecule has 2 aromatic carbocycles. The minimum atomic E-state index is -0.739. The van der Waals surface area contributed by atoms with Crippen LogP contribution < -0.4 is 10.2 Å². The van der Waals surface area contributed by atoms with Crippen LogP contribution in [0.1, 0.15) is 0 Å². The highest BCUT2D eigenvalue weighted by atomic mass is 19.1. The van der Waals surface area contributed by atoms with Crippen LogP contribution in [0.4, 0.5) is 24.5 Å². The Labute approximate surface area is 143 Å². The molecule has 1 amide bonds. The predicted octanol–water partition coefficient (Wildman–Crippen LogP) is 2.86. The normalized spacial score (nSPS) is 14.5. The standard InChI is InChI=1S/C18H18F3N3O/c19-13-5-6-16(15(21)11-13)22-12-18(25)24-9-7-23(8-10-24)17-4-2-1-3-14(17)20/h1-6,11,22H,7-10,12H2. The molecule has 0 unspecified atom stereocenters. The summed E-state index contributed by atoms with van der Waals surface area (Å²) in [6, 6.07) is 9.69. The highest BCUT2D eigenvalue weighted by Gasteiger charge is 2.22. The number of anilines is 2. The Bertz CT molecular complexity index is 761. The van der Waals surface area contributed by atoms with Gasteiger partial charge in [-0.2, -0.15) is 0 Å². The zero-order valence-electron chi connectivity index (χ0n) is 13.5. The summed E-state index contributed by atoms with van der Waals surface area (Å²) in [6.45, 7) is 1.89. The molecule has 0 atom stereocenters. The molecule has 1 heterocycles. The first-order valence-electron chi connectivity index (χ1n) is 8.01. The van der Waals surface area contributed by atoms with Gasteiger partial charge in [0.2, 0.25) is 5.91 Å². The molecule has 0 bridgehead atoms. The van der Waals surface area contributed by atoms with Crippen LogP contribution in [-0.4, -0.2) is 43.5 Å². The highest BCUT2D eigenvalue weighted by Crippen LogP contribution is 2.20. The van der Waals surface area contributed by atoms with Crippen molar-refractivity contribution in [1.29, 1.82) is 0 Å². The molecule has 0 saturated carbocycles. The number of hydrogen-bond acceptors (Lipinski definition) is 3. The van der Waals surface area contributed by atoms with Crippen molar-refractivity contribution in [3.8, 4) is 0 Å². The Morgan fingerprint density at radius 1 is 0.960 bits per heavy atom. The average Bonchev–Trinajstić information content (AvgIpc) is 2.61. The third-order valence-corrected chi connectivity index (χ3v) is 4.19. The van der Waals surface area contributed by atoms with E-state index in [0.29, 0.717) is 31.9 Å². The molecule has 1 fully saturated rings. The number of para-hydroxylation sites is 1. The first-order valence-corrected chi connectivity index (χ1v) is 8.01. The number of nitrogens with one attached hydrogen (secondary N) is 1. The van der Waals surface area contributed by atoms with Crippen molar-refractivity contribution in [3.05, 3.63) is 59.9 Å². The fourth-order valence-electron chi connectivity index (χ4n) is 2.82. The number of benzene rings is 2. The number of carbonyl (C=O) groups is 1. The van der Waals surface area contributed by atoms with Gasteiger partial charge in [-0.25, -0.2) is 13.2 Å². The van der Waals surface area contributed by atoms with Crippen molar-refractivity contribution in [2.24, 2.45) is 0 Å². The second-order valence-corrected chi connectivity index (χ2v) is 5.80. The van der Waals surface area contributed by atoms with Crippen molar-refractivity contribution in [3.63, 3.8) is 0 Å². The number of amides is 1. The lowest BCUT2D eigenvalue weighted by molar-refractivity contribution is -0.129. The van der Waals surface area contributed by atoms with Gasteiger partial charge in [-0.15, -0.1) is 0 Å². The Hall–Kier alpha value is -2.70. The second-order valence-electron chi connectivity index (χ2n) is 5.80. The number of hydrogen-bond donors (Lipinski definition) is 1. The van der Waals surface area contributed by atoms with Crippen LogP contribution in [0.5, 0.6) is 0 Å². The quantitative estimate of drug-likeness (QED) is 0.922. The molecule has 1 saturated heterocycles. The predicted molar refractivity (Wildman–Crippen MR) is 90.0 cm³/mol.